The van der Waals surface area contributed by atoms with E-state index in [0.29, 0.717) is 10.6 Å². The van der Waals surface area contributed by atoms with Gasteiger partial charge in [0.15, 0.2) is 0 Å². The standard InChI is InChI=1S/C15H19ClN2O3/c1-9(2)18-7-6-13(14(18)19)17-10-4-5-11(12(16)8-10)15(20)21-3/h4-5,8-9,13,17H,6-7H2,1-3H3/t13-/m0/s1. The minimum absolute atomic E-state index is 0.0955. The molecule has 21 heavy (non-hydrogen) atoms. The number of amides is 1. The van der Waals surface area contributed by atoms with E-state index in [4.69, 9.17) is 11.6 Å². The minimum atomic E-state index is -0.477. The lowest BCUT2D eigenvalue weighted by Gasteiger charge is -2.21. The number of benzene rings is 1. The van der Waals surface area contributed by atoms with Crippen molar-refractivity contribution < 1.29 is 14.3 Å². The largest absolute Gasteiger partial charge is 0.465 e. The number of nitrogens with zero attached hydrogens (tertiary/aromatic N) is 1. The fraction of sp³-hybridized carbons (Fsp3) is 0.467. The molecule has 114 valence electrons. The molecule has 0 unspecified atom stereocenters. The van der Waals surface area contributed by atoms with Gasteiger partial charge in [-0.05, 0) is 38.5 Å². The third-order valence-electron chi connectivity index (χ3n) is 3.58. The Labute approximate surface area is 129 Å². The number of rotatable bonds is 4. The Hall–Kier alpha value is -1.75. The Morgan fingerprint density at radius 3 is 2.71 bits per heavy atom. The van der Waals surface area contributed by atoms with Gasteiger partial charge in [-0.3, -0.25) is 4.79 Å². The third-order valence-corrected chi connectivity index (χ3v) is 3.89. The molecule has 1 amide bonds. The number of hydrogen-bond donors (Lipinski definition) is 1. The second-order valence-electron chi connectivity index (χ2n) is 5.30. The van der Waals surface area contributed by atoms with Crippen LogP contribution in [0.25, 0.3) is 0 Å². The number of likely N-dealkylation sites (tertiary alicyclic amines) is 1. The van der Waals surface area contributed by atoms with Gasteiger partial charge in [-0.1, -0.05) is 11.6 Å². The lowest BCUT2D eigenvalue weighted by atomic mass is 10.1. The molecule has 0 saturated carbocycles. The van der Waals surface area contributed by atoms with Crippen LogP contribution in [0.5, 0.6) is 0 Å². The molecule has 5 nitrogen and oxygen atoms in total. The van der Waals surface area contributed by atoms with Crippen LogP contribution in [0.2, 0.25) is 5.02 Å². The van der Waals surface area contributed by atoms with E-state index in [2.05, 4.69) is 10.1 Å². The number of anilines is 1. The molecule has 6 heteroatoms. The van der Waals surface area contributed by atoms with Gasteiger partial charge in [-0.25, -0.2) is 4.79 Å². The van der Waals surface area contributed by atoms with Gasteiger partial charge in [-0.15, -0.1) is 0 Å². The van der Waals surface area contributed by atoms with Crippen LogP contribution in [0.4, 0.5) is 5.69 Å². The number of carbonyl (C=O) groups excluding carboxylic acids is 2. The number of carbonyl (C=O) groups is 2. The molecule has 0 aromatic heterocycles. The highest BCUT2D eigenvalue weighted by molar-refractivity contribution is 6.33. The maximum Gasteiger partial charge on any atom is 0.339 e. The van der Waals surface area contributed by atoms with E-state index in [9.17, 15) is 9.59 Å². The van der Waals surface area contributed by atoms with Crippen molar-refractivity contribution in [3.8, 4) is 0 Å². The summed E-state index contributed by atoms with van der Waals surface area (Å²) in [7, 11) is 1.31. The lowest BCUT2D eigenvalue weighted by molar-refractivity contribution is -0.129. The lowest BCUT2D eigenvalue weighted by Crippen LogP contribution is -2.37. The number of halogens is 1. The normalized spacial score (nSPS) is 18.2. The molecule has 1 aromatic rings. The SMILES string of the molecule is COC(=O)c1ccc(N[C@H]2CCN(C(C)C)C2=O)cc1Cl. The van der Waals surface area contributed by atoms with Gasteiger partial charge in [0.25, 0.3) is 0 Å². The van der Waals surface area contributed by atoms with Crippen molar-refractivity contribution in [3.05, 3.63) is 28.8 Å². The molecule has 1 fully saturated rings. The smallest absolute Gasteiger partial charge is 0.339 e. The summed E-state index contributed by atoms with van der Waals surface area (Å²) in [5.74, 6) is -0.382. The molecule has 0 bridgehead atoms. The topological polar surface area (TPSA) is 58.6 Å². The summed E-state index contributed by atoms with van der Waals surface area (Å²) in [6.07, 6.45) is 0.757. The van der Waals surface area contributed by atoms with Crippen LogP contribution in [-0.4, -0.2) is 42.5 Å². The van der Waals surface area contributed by atoms with Crippen molar-refractivity contribution in [1.82, 2.24) is 4.90 Å². The van der Waals surface area contributed by atoms with Crippen LogP contribution in [0, 0.1) is 0 Å². The number of hydrogen-bond acceptors (Lipinski definition) is 4. The zero-order valence-electron chi connectivity index (χ0n) is 12.4. The van der Waals surface area contributed by atoms with Crippen molar-refractivity contribution >= 4 is 29.2 Å². The van der Waals surface area contributed by atoms with Crippen LogP contribution in [0.1, 0.15) is 30.6 Å². The quantitative estimate of drug-likeness (QED) is 0.868. The van der Waals surface area contributed by atoms with Crippen molar-refractivity contribution in [2.24, 2.45) is 0 Å². The Bertz CT molecular complexity index is 560. The van der Waals surface area contributed by atoms with Crippen LogP contribution in [-0.2, 0) is 9.53 Å². The Balaban J connectivity index is 2.09. The van der Waals surface area contributed by atoms with E-state index in [1.165, 1.54) is 7.11 Å². The average molecular weight is 311 g/mol. The first-order chi connectivity index (χ1) is 9.93. The predicted octanol–water partition coefficient (Wildman–Crippen LogP) is 2.55. The molecule has 0 aliphatic carbocycles. The summed E-state index contributed by atoms with van der Waals surface area (Å²) in [6.45, 7) is 4.76. The van der Waals surface area contributed by atoms with Gasteiger partial charge in [-0.2, -0.15) is 0 Å². The second kappa shape index (κ2) is 6.35. The van der Waals surface area contributed by atoms with Crippen molar-refractivity contribution in [2.75, 3.05) is 19.0 Å². The van der Waals surface area contributed by atoms with E-state index in [1.807, 2.05) is 18.7 Å². The maximum atomic E-state index is 12.2. The fourth-order valence-corrected chi connectivity index (χ4v) is 2.69. The highest BCUT2D eigenvalue weighted by atomic mass is 35.5. The Morgan fingerprint density at radius 2 is 2.19 bits per heavy atom. The summed E-state index contributed by atoms with van der Waals surface area (Å²) in [5.41, 5.74) is 1.03. The minimum Gasteiger partial charge on any atom is -0.465 e. The van der Waals surface area contributed by atoms with Crippen molar-refractivity contribution in [1.29, 1.82) is 0 Å². The summed E-state index contributed by atoms with van der Waals surface area (Å²) in [5, 5.41) is 3.48. The van der Waals surface area contributed by atoms with Gasteiger partial charge < -0.3 is 15.0 Å². The highest BCUT2D eigenvalue weighted by Gasteiger charge is 2.32. The maximum absolute atomic E-state index is 12.2. The van der Waals surface area contributed by atoms with Gasteiger partial charge in [0.05, 0.1) is 17.7 Å². The first kappa shape index (κ1) is 15.6. The molecule has 1 aliphatic rings. The van der Waals surface area contributed by atoms with Crippen LogP contribution in [0.15, 0.2) is 18.2 Å². The third kappa shape index (κ3) is 3.29. The Morgan fingerprint density at radius 1 is 1.48 bits per heavy atom. The summed E-state index contributed by atoms with van der Waals surface area (Å²) >= 11 is 6.07. The van der Waals surface area contributed by atoms with Gasteiger partial charge in [0, 0.05) is 18.3 Å². The first-order valence-electron chi connectivity index (χ1n) is 6.89. The van der Waals surface area contributed by atoms with Crippen molar-refractivity contribution in [3.63, 3.8) is 0 Å². The predicted molar refractivity (Wildman–Crippen MR) is 81.7 cm³/mol. The van der Waals surface area contributed by atoms with Crippen molar-refractivity contribution in [2.45, 2.75) is 32.4 Å². The molecule has 1 atom stereocenters. The average Bonchev–Trinajstić information content (AvgIpc) is 2.80. The highest BCUT2D eigenvalue weighted by Crippen LogP contribution is 2.24. The van der Waals surface area contributed by atoms with E-state index in [-0.39, 0.29) is 18.0 Å². The number of esters is 1. The van der Waals surface area contributed by atoms with Gasteiger partial charge in [0.1, 0.15) is 6.04 Å². The zero-order valence-corrected chi connectivity index (χ0v) is 13.1. The van der Waals surface area contributed by atoms with Crippen LogP contribution >= 0.6 is 11.6 Å². The van der Waals surface area contributed by atoms with Crippen LogP contribution < -0.4 is 5.32 Å². The first-order valence-corrected chi connectivity index (χ1v) is 7.26. The van der Waals surface area contributed by atoms with E-state index >= 15 is 0 Å². The molecule has 0 spiro atoms. The van der Waals surface area contributed by atoms with E-state index in [0.717, 1.165) is 18.7 Å². The summed E-state index contributed by atoms with van der Waals surface area (Å²) in [6, 6.07) is 4.92. The number of methoxy groups -OCH3 is 1. The molecule has 0 radical (unpaired) electrons. The number of nitrogens with one attached hydrogen (secondary N) is 1. The molecular formula is C15H19ClN2O3. The molecule has 1 N–H and O–H groups in total. The second-order valence-corrected chi connectivity index (χ2v) is 5.70. The molecule has 1 saturated heterocycles. The van der Waals surface area contributed by atoms with E-state index < -0.39 is 5.97 Å². The molecule has 2 rings (SSSR count). The van der Waals surface area contributed by atoms with Gasteiger partial charge >= 0.3 is 5.97 Å². The summed E-state index contributed by atoms with van der Waals surface area (Å²) in [4.78, 5) is 25.5. The van der Waals surface area contributed by atoms with Crippen LogP contribution in [0.3, 0.4) is 0 Å². The van der Waals surface area contributed by atoms with E-state index in [1.54, 1.807) is 18.2 Å². The fourth-order valence-electron chi connectivity index (χ4n) is 2.43. The molecule has 1 aliphatic heterocycles. The number of ether oxygens (including phenoxy) is 1. The summed E-state index contributed by atoms with van der Waals surface area (Å²) < 4.78 is 4.64. The monoisotopic (exact) mass is 310 g/mol. The Kier molecular flexibility index (Phi) is 4.73. The molecular weight excluding hydrogens is 292 g/mol. The zero-order chi connectivity index (χ0) is 15.6. The molecule has 1 heterocycles. The molecule has 1 aromatic carbocycles. The van der Waals surface area contributed by atoms with Gasteiger partial charge in [0.2, 0.25) is 5.91 Å².